The Kier molecular flexibility index (Phi) is 0.994. The molecule has 0 bridgehead atoms. The highest BCUT2D eigenvalue weighted by Crippen LogP contribution is 2.45. The van der Waals surface area contributed by atoms with Gasteiger partial charge in [-0.3, -0.25) is 4.94 Å². The molecule has 0 amide bonds. The molecular weight excluding hydrogens is 111 g/mol. The van der Waals surface area contributed by atoms with Crippen molar-refractivity contribution in [3.05, 3.63) is 0 Å². The molecule has 0 spiro atoms. The number of hydrogen-bond acceptors (Lipinski definition) is 2. The first-order valence-corrected chi connectivity index (χ1v) is 2.52. The average molecular weight is 118 g/mol. The highest BCUT2D eigenvalue weighted by molar-refractivity contribution is 5.78. The van der Waals surface area contributed by atoms with Crippen LogP contribution in [0.5, 0.6) is 0 Å². The van der Waals surface area contributed by atoms with Crippen LogP contribution in [0.4, 0.5) is 4.53 Å². The predicted octanol–water partition coefficient (Wildman–Crippen LogP) is 1.21. The molecule has 0 heterocycles. The molecule has 0 aromatic carbocycles. The zero-order valence-electron chi connectivity index (χ0n) is 4.61. The number of rotatable bonds is 1. The van der Waals surface area contributed by atoms with Crippen molar-refractivity contribution in [3.63, 3.8) is 0 Å². The van der Waals surface area contributed by atoms with Gasteiger partial charge >= 0.3 is 5.97 Å². The molecule has 0 radical (unpaired) electrons. The Labute approximate surface area is 46.5 Å². The maximum absolute atomic E-state index is 11.1. The van der Waals surface area contributed by atoms with E-state index in [1.807, 2.05) is 0 Å². The van der Waals surface area contributed by atoms with E-state index in [0.717, 1.165) is 12.8 Å². The van der Waals surface area contributed by atoms with Crippen molar-refractivity contribution in [1.29, 1.82) is 0 Å². The Bertz CT molecular complexity index is 118. The maximum Gasteiger partial charge on any atom is 0.354 e. The first kappa shape index (κ1) is 5.54. The molecule has 1 aliphatic rings. The van der Waals surface area contributed by atoms with Gasteiger partial charge < -0.3 is 0 Å². The van der Waals surface area contributed by atoms with Gasteiger partial charge in [0.2, 0.25) is 0 Å². The van der Waals surface area contributed by atoms with Gasteiger partial charge in [-0.25, -0.2) is 4.79 Å². The van der Waals surface area contributed by atoms with E-state index in [-0.39, 0.29) is 0 Å². The monoisotopic (exact) mass is 118 g/mol. The number of halogens is 1. The van der Waals surface area contributed by atoms with Gasteiger partial charge in [0.1, 0.15) is 0 Å². The van der Waals surface area contributed by atoms with Gasteiger partial charge in [-0.05, 0) is 19.8 Å². The van der Waals surface area contributed by atoms with Gasteiger partial charge in [0.15, 0.2) is 0 Å². The Morgan fingerprint density at radius 3 is 2.38 bits per heavy atom. The number of carbonyl (C=O) groups is 1. The maximum atomic E-state index is 11.1. The summed E-state index contributed by atoms with van der Waals surface area (Å²) < 4.78 is 11.1. The third-order valence-corrected chi connectivity index (χ3v) is 1.56. The van der Waals surface area contributed by atoms with E-state index in [1.165, 1.54) is 0 Å². The predicted molar refractivity (Wildman–Crippen MR) is 24.5 cm³/mol. The number of carbonyl (C=O) groups excluding carboxylic acids is 1. The summed E-state index contributed by atoms with van der Waals surface area (Å²) >= 11 is 0. The third kappa shape index (κ3) is 0.680. The van der Waals surface area contributed by atoms with E-state index in [9.17, 15) is 9.32 Å². The van der Waals surface area contributed by atoms with Crippen molar-refractivity contribution < 1.29 is 14.3 Å². The fourth-order valence-corrected chi connectivity index (χ4v) is 0.485. The molecule has 1 saturated carbocycles. The smallest absolute Gasteiger partial charge is 0.254 e. The molecule has 3 heteroatoms. The molecule has 0 unspecified atom stereocenters. The molecule has 1 fully saturated rings. The molecule has 0 N–H and O–H groups in total. The summed E-state index contributed by atoms with van der Waals surface area (Å²) in [4.78, 5) is 13.3. The van der Waals surface area contributed by atoms with Gasteiger partial charge in [-0.1, -0.05) is 0 Å². The van der Waals surface area contributed by atoms with Crippen LogP contribution in [0, 0.1) is 5.41 Å². The summed E-state index contributed by atoms with van der Waals surface area (Å²) in [5.41, 5.74) is -0.477. The van der Waals surface area contributed by atoms with Crippen molar-refractivity contribution in [1.82, 2.24) is 0 Å². The van der Waals surface area contributed by atoms with E-state index < -0.39 is 11.4 Å². The molecule has 8 heavy (non-hydrogen) atoms. The van der Waals surface area contributed by atoms with Crippen LogP contribution in [0.3, 0.4) is 0 Å². The molecule has 1 rings (SSSR count). The first-order chi connectivity index (χ1) is 3.69. The van der Waals surface area contributed by atoms with Crippen LogP contribution in [0.2, 0.25) is 0 Å². The quantitative estimate of drug-likeness (QED) is 0.517. The third-order valence-electron chi connectivity index (χ3n) is 1.56. The van der Waals surface area contributed by atoms with Crippen molar-refractivity contribution in [2.24, 2.45) is 5.41 Å². The topological polar surface area (TPSA) is 26.3 Å². The minimum Gasteiger partial charge on any atom is -0.254 e. The Morgan fingerprint density at radius 1 is 1.75 bits per heavy atom. The van der Waals surface area contributed by atoms with Crippen LogP contribution in [-0.4, -0.2) is 5.97 Å². The SMILES string of the molecule is CC1(C(=O)OF)CC1. The van der Waals surface area contributed by atoms with Gasteiger partial charge in [-0.15, -0.1) is 0 Å². The normalized spacial score (nSPS) is 22.2. The highest BCUT2D eigenvalue weighted by Gasteiger charge is 2.47. The summed E-state index contributed by atoms with van der Waals surface area (Å²) in [5.74, 6) is -0.725. The molecule has 0 atom stereocenters. The Balaban J connectivity index is 2.46. The van der Waals surface area contributed by atoms with Crippen LogP contribution in [0.25, 0.3) is 0 Å². The van der Waals surface area contributed by atoms with E-state index >= 15 is 0 Å². The average Bonchev–Trinajstić information content (AvgIpc) is 2.47. The highest BCUT2D eigenvalue weighted by atomic mass is 19.3. The second kappa shape index (κ2) is 1.44. The summed E-state index contributed by atoms with van der Waals surface area (Å²) in [6.07, 6.45) is 1.52. The summed E-state index contributed by atoms with van der Waals surface area (Å²) in [6, 6.07) is 0. The van der Waals surface area contributed by atoms with Crippen LogP contribution < -0.4 is 0 Å². The minimum absolute atomic E-state index is 0.477. The lowest BCUT2D eigenvalue weighted by molar-refractivity contribution is -0.190. The van der Waals surface area contributed by atoms with Crippen LogP contribution >= 0.6 is 0 Å². The summed E-state index contributed by atoms with van der Waals surface area (Å²) in [5, 5.41) is 0. The lowest BCUT2D eigenvalue weighted by Crippen LogP contribution is -2.10. The second-order valence-corrected chi connectivity index (χ2v) is 2.43. The van der Waals surface area contributed by atoms with Gasteiger partial charge in [0, 0.05) is 4.53 Å². The summed E-state index contributed by atoms with van der Waals surface area (Å²) in [6.45, 7) is 1.69. The molecule has 0 saturated heterocycles. The standard InChI is InChI=1S/C5H7FO2/c1-5(2-3-5)4(7)8-6/h2-3H2,1H3. The van der Waals surface area contributed by atoms with Gasteiger partial charge in [-0.2, -0.15) is 0 Å². The lowest BCUT2D eigenvalue weighted by Gasteiger charge is -1.97. The molecule has 1 aliphatic carbocycles. The van der Waals surface area contributed by atoms with Crippen LogP contribution in [-0.2, 0) is 9.74 Å². The fourth-order valence-electron chi connectivity index (χ4n) is 0.485. The van der Waals surface area contributed by atoms with Crippen molar-refractivity contribution in [3.8, 4) is 0 Å². The largest absolute Gasteiger partial charge is 0.354 e. The van der Waals surface area contributed by atoms with Crippen molar-refractivity contribution >= 4 is 5.97 Å². The molecular formula is C5H7FO2. The number of hydrogen-bond donors (Lipinski definition) is 0. The second-order valence-electron chi connectivity index (χ2n) is 2.43. The van der Waals surface area contributed by atoms with E-state index in [1.54, 1.807) is 6.92 Å². The molecule has 0 aliphatic heterocycles. The molecule has 0 aromatic rings. The van der Waals surface area contributed by atoms with Gasteiger partial charge in [0.05, 0.1) is 5.41 Å². The lowest BCUT2D eigenvalue weighted by atomic mass is 10.2. The molecule has 46 valence electrons. The zero-order valence-corrected chi connectivity index (χ0v) is 4.61. The van der Waals surface area contributed by atoms with Gasteiger partial charge in [0.25, 0.3) is 0 Å². The minimum atomic E-state index is -0.725. The van der Waals surface area contributed by atoms with Crippen LogP contribution in [0.15, 0.2) is 0 Å². The Hall–Kier alpha value is -0.600. The van der Waals surface area contributed by atoms with Crippen molar-refractivity contribution in [2.45, 2.75) is 19.8 Å². The Morgan fingerprint density at radius 2 is 2.25 bits per heavy atom. The first-order valence-electron chi connectivity index (χ1n) is 2.52. The molecule has 0 aromatic heterocycles. The van der Waals surface area contributed by atoms with Crippen LogP contribution in [0.1, 0.15) is 19.8 Å². The van der Waals surface area contributed by atoms with Crippen molar-refractivity contribution in [2.75, 3.05) is 0 Å². The zero-order chi connectivity index (χ0) is 6.20. The van der Waals surface area contributed by atoms with E-state index in [0.29, 0.717) is 0 Å². The summed E-state index contributed by atoms with van der Waals surface area (Å²) in [7, 11) is 0. The molecule has 2 nitrogen and oxygen atoms in total. The van der Waals surface area contributed by atoms with E-state index in [4.69, 9.17) is 0 Å². The fraction of sp³-hybridized carbons (Fsp3) is 0.800. The van der Waals surface area contributed by atoms with E-state index in [2.05, 4.69) is 4.94 Å².